The number of benzene rings is 1. The van der Waals surface area contributed by atoms with Crippen LogP contribution in [0.3, 0.4) is 0 Å². The molecule has 0 saturated carbocycles. The number of aryl methyl sites for hydroxylation is 1. The van der Waals surface area contributed by atoms with Crippen LogP contribution < -0.4 is 4.74 Å². The minimum atomic E-state index is -1.07. The van der Waals surface area contributed by atoms with Crippen LogP contribution in [-0.2, 0) is 7.05 Å². The second-order valence-electron chi connectivity index (χ2n) is 3.64. The lowest BCUT2D eigenvalue weighted by molar-refractivity contribution is 0.102. The van der Waals surface area contributed by atoms with Crippen LogP contribution in [0.1, 0.15) is 16.1 Å². The molecule has 2 rings (SSSR count). The Morgan fingerprint density at radius 2 is 2.06 bits per heavy atom. The number of hydrogen-bond acceptors (Lipinski definition) is 3. The molecule has 0 aliphatic heterocycles. The van der Waals surface area contributed by atoms with E-state index in [2.05, 4.69) is 5.10 Å². The van der Waals surface area contributed by atoms with E-state index in [0.717, 1.165) is 12.1 Å². The van der Waals surface area contributed by atoms with Gasteiger partial charge >= 0.3 is 0 Å². The number of carbonyl (C=O) groups is 1. The molecular formula is C12H10F2N2O2. The Balaban J connectivity index is 2.47. The summed E-state index contributed by atoms with van der Waals surface area (Å²) in [7, 11) is 2.97. The monoisotopic (exact) mass is 252 g/mol. The van der Waals surface area contributed by atoms with E-state index in [1.165, 1.54) is 24.1 Å². The van der Waals surface area contributed by atoms with Crippen LogP contribution in [0.15, 0.2) is 24.4 Å². The lowest BCUT2D eigenvalue weighted by Crippen LogP contribution is -2.10. The molecule has 94 valence electrons. The molecule has 1 heterocycles. The van der Waals surface area contributed by atoms with Gasteiger partial charge in [-0.25, -0.2) is 8.78 Å². The third kappa shape index (κ3) is 1.97. The van der Waals surface area contributed by atoms with Gasteiger partial charge in [0, 0.05) is 12.6 Å². The van der Waals surface area contributed by atoms with Crippen LogP contribution in [0.5, 0.6) is 5.75 Å². The molecule has 18 heavy (non-hydrogen) atoms. The molecular weight excluding hydrogens is 242 g/mol. The van der Waals surface area contributed by atoms with Gasteiger partial charge in [0.15, 0.2) is 23.1 Å². The molecule has 0 aliphatic rings. The van der Waals surface area contributed by atoms with E-state index in [0.29, 0.717) is 0 Å². The average Bonchev–Trinajstić information content (AvgIpc) is 2.73. The van der Waals surface area contributed by atoms with Crippen LogP contribution in [0.25, 0.3) is 0 Å². The van der Waals surface area contributed by atoms with Gasteiger partial charge in [-0.1, -0.05) is 0 Å². The molecule has 0 saturated heterocycles. The van der Waals surface area contributed by atoms with Gasteiger partial charge in [-0.05, 0) is 18.2 Å². The highest BCUT2D eigenvalue weighted by Crippen LogP contribution is 2.21. The van der Waals surface area contributed by atoms with Crippen LogP contribution in [0, 0.1) is 11.6 Å². The summed E-state index contributed by atoms with van der Waals surface area (Å²) < 4.78 is 32.2. The smallest absolute Gasteiger partial charge is 0.214 e. The quantitative estimate of drug-likeness (QED) is 0.784. The third-order valence-electron chi connectivity index (χ3n) is 2.52. The molecule has 0 bridgehead atoms. The number of methoxy groups -OCH3 is 1. The van der Waals surface area contributed by atoms with E-state index < -0.39 is 17.4 Å². The maximum Gasteiger partial charge on any atom is 0.214 e. The predicted molar refractivity (Wildman–Crippen MR) is 59.6 cm³/mol. The first-order valence-corrected chi connectivity index (χ1v) is 5.10. The molecule has 0 unspecified atom stereocenters. The van der Waals surface area contributed by atoms with Gasteiger partial charge in [0.1, 0.15) is 0 Å². The zero-order valence-electron chi connectivity index (χ0n) is 9.78. The molecule has 0 spiro atoms. The molecule has 0 aliphatic carbocycles. The van der Waals surface area contributed by atoms with Crippen LogP contribution in [0.4, 0.5) is 8.78 Å². The average molecular weight is 252 g/mol. The minimum Gasteiger partial charge on any atom is -0.493 e. The van der Waals surface area contributed by atoms with E-state index in [1.807, 2.05) is 0 Å². The van der Waals surface area contributed by atoms with Crippen molar-refractivity contribution in [1.29, 1.82) is 0 Å². The minimum absolute atomic E-state index is 0.0378. The molecule has 6 heteroatoms. The first kappa shape index (κ1) is 12.2. The number of nitrogens with zero attached hydrogens (tertiary/aromatic N) is 2. The molecule has 0 fully saturated rings. The Morgan fingerprint density at radius 1 is 1.33 bits per heavy atom. The topological polar surface area (TPSA) is 44.1 Å². The first-order valence-electron chi connectivity index (χ1n) is 5.10. The maximum absolute atomic E-state index is 13.1. The molecule has 0 amide bonds. The number of ether oxygens (including phenoxy) is 1. The summed E-state index contributed by atoms with van der Waals surface area (Å²) in [6.07, 6.45) is 1.38. The molecule has 1 aromatic heterocycles. The molecule has 0 N–H and O–H groups in total. The SMILES string of the molecule is COc1cnn(C)c1C(=O)c1ccc(F)c(F)c1. The van der Waals surface area contributed by atoms with E-state index in [4.69, 9.17) is 4.74 Å². The molecule has 4 nitrogen and oxygen atoms in total. The zero-order chi connectivity index (χ0) is 13.3. The normalized spacial score (nSPS) is 10.4. The first-order chi connectivity index (χ1) is 8.54. The van der Waals surface area contributed by atoms with Crippen molar-refractivity contribution in [2.24, 2.45) is 7.05 Å². The number of halogens is 2. The van der Waals surface area contributed by atoms with E-state index in [1.54, 1.807) is 7.05 Å². The van der Waals surface area contributed by atoms with Gasteiger partial charge in [-0.15, -0.1) is 0 Å². The van der Waals surface area contributed by atoms with E-state index in [-0.39, 0.29) is 17.0 Å². The standard InChI is InChI=1S/C12H10F2N2O2/c1-16-11(10(18-2)6-15-16)12(17)7-3-4-8(13)9(14)5-7/h3-6H,1-2H3. The van der Waals surface area contributed by atoms with Crippen molar-refractivity contribution >= 4 is 5.78 Å². The highest BCUT2D eigenvalue weighted by atomic mass is 19.2. The summed E-state index contributed by atoms with van der Waals surface area (Å²) in [5, 5.41) is 3.88. The van der Waals surface area contributed by atoms with Gasteiger partial charge in [0.25, 0.3) is 0 Å². The zero-order valence-corrected chi connectivity index (χ0v) is 9.78. The Hall–Kier alpha value is -2.24. The summed E-state index contributed by atoms with van der Waals surface area (Å²) >= 11 is 0. The van der Waals surface area contributed by atoms with Crippen molar-refractivity contribution in [3.05, 3.63) is 47.3 Å². The van der Waals surface area contributed by atoms with E-state index in [9.17, 15) is 13.6 Å². The number of rotatable bonds is 3. The van der Waals surface area contributed by atoms with Gasteiger partial charge in [0.2, 0.25) is 5.78 Å². The fourth-order valence-electron chi connectivity index (χ4n) is 1.60. The van der Waals surface area contributed by atoms with Gasteiger partial charge in [0.05, 0.1) is 13.3 Å². The number of carbonyl (C=O) groups excluding carboxylic acids is 1. The van der Waals surface area contributed by atoms with Gasteiger partial charge in [-0.2, -0.15) is 5.10 Å². The lowest BCUT2D eigenvalue weighted by Gasteiger charge is -2.05. The lowest BCUT2D eigenvalue weighted by atomic mass is 10.1. The van der Waals surface area contributed by atoms with Crippen molar-refractivity contribution in [2.45, 2.75) is 0 Å². The summed E-state index contributed by atoms with van der Waals surface area (Å²) in [6.45, 7) is 0. The summed E-state index contributed by atoms with van der Waals surface area (Å²) in [4.78, 5) is 12.1. The maximum atomic E-state index is 13.1. The summed E-state index contributed by atoms with van der Waals surface area (Å²) in [5.74, 6) is -2.26. The molecule has 1 aromatic carbocycles. The van der Waals surface area contributed by atoms with Gasteiger partial charge < -0.3 is 4.74 Å². The molecule has 0 atom stereocenters. The molecule has 2 aromatic rings. The predicted octanol–water partition coefficient (Wildman–Crippen LogP) is 1.94. The van der Waals surface area contributed by atoms with Crippen molar-refractivity contribution in [1.82, 2.24) is 9.78 Å². The van der Waals surface area contributed by atoms with Crippen LogP contribution in [-0.4, -0.2) is 22.7 Å². The van der Waals surface area contributed by atoms with Gasteiger partial charge in [-0.3, -0.25) is 9.48 Å². The Bertz CT molecular complexity index is 608. The van der Waals surface area contributed by atoms with Crippen molar-refractivity contribution in [3.8, 4) is 5.75 Å². The highest BCUT2D eigenvalue weighted by molar-refractivity contribution is 6.09. The second-order valence-corrected chi connectivity index (χ2v) is 3.64. The van der Waals surface area contributed by atoms with E-state index >= 15 is 0 Å². The number of hydrogen-bond donors (Lipinski definition) is 0. The number of aromatic nitrogens is 2. The fourth-order valence-corrected chi connectivity index (χ4v) is 1.60. The second kappa shape index (κ2) is 4.56. The van der Waals surface area contributed by atoms with Crippen molar-refractivity contribution in [3.63, 3.8) is 0 Å². The summed E-state index contributed by atoms with van der Waals surface area (Å²) in [6, 6.07) is 2.97. The van der Waals surface area contributed by atoms with Crippen molar-refractivity contribution < 1.29 is 18.3 Å². The largest absolute Gasteiger partial charge is 0.493 e. The number of ketones is 1. The fraction of sp³-hybridized carbons (Fsp3) is 0.167. The summed E-state index contributed by atoms with van der Waals surface area (Å²) in [5.41, 5.74) is 0.222. The Kier molecular flexibility index (Phi) is 3.10. The van der Waals surface area contributed by atoms with Crippen LogP contribution >= 0.6 is 0 Å². The van der Waals surface area contributed by atoms with Crippen molar-refractivity contribution in [2.75, 3.05) is 7.11 Å². The Labute approximate surface area is 102 Å². The third-order valence-corrected chi connectivity index (χ3v) is 2.52. The van der Waals surface area contributed by atoms with Crippen LogP contribution in [0.2, 0.25) is 0 Å². The highest BCUT2D eigenvalue weighted by Gasteiger charge is 2.20. The molecule has 0 radical (unpaired) electrons. The Morgan fingerprint density at radius 3 is 2.67 bits per heavy atom.